The van der Waals surface area contributed by atoms with Crippen molar-refractivity contribution in [3.63, 3.8) is 0 Å². The summed E-state index contributed by atoms with van der Waals surface area (Å²) in [5, 5.41) is 2.68. The van der Waals surface area contributed by atoms with Crippen molar-refractivity contribution in [1.29, 1.82) is 0 Å². The average Bonchev–Trinajstić information content (AvgIpc) is 2.44. The van der Waals surface area contributed by atoms with Gasteiger partial charge in [0.25, 0.3) is 5.91 Å². The molecule has 2 rings (SSSR count). The molecule has 1 amide bonds. The third-order valence-electron chi connectivity index (χ3n) is 3.03. The zero-order chi connectivity index (χ0) is 14.5. The molecule has 1 N–H and O–H groups in total. The molecule has 0 unspecified atom stereocenters. The standard InChI is InChI=1S/C16H15ClFNO/c1-11-3-2-4-14(15(11)18)16(20)19-13-7-5-12(6-8-13)9-10-17/h2-8H,9-10H2,1H3,(H,19,20). The fourth-order valence-electron chi connectivity index (χ4n) is 1.89. The number of alkyl halides is 1. The number of benzene rings is 2. The lowest BCUT2D eigenvalue weighted by Gasteiger charge is -2.08. The number of amides is 1. The van der Waals surface area contributed by atoms with Crippen LogP contribution in [0.3, 0.4) is 0 Å². The van der Waals surface area contributed by atoms with Gasteiger partial charge in [0.05, 0.1) is 5.56 Å². The number of carbonyl (C=O) groups excluding carboxylic acids is 1. The molecule has 2 aromatic carbocycles. The number of hydrogen-bond acceptors (Lipinski definition) is 1. The monoisotopic (exact) mass is 291 g/mol. The Bertz CT molecular complexity index is 610. The predicted octanol–water partition coefficient (Wildman–Crippen LogP) is 4.17. The summed E-state index contributed by atoms with van der Waals surface area (Å²) in [7, 11) is 0. The minimum atomic E-state index is -0.483. The van der Waals surface area contributed by atoms with Crippen LogP contribution in [0.4, 0.5) is 10.1 Å². The minimum Gasteiger partial charge on any atom is -0.322 e. The fraction of sp³-hybridized carbons (Fsp3) is 0.188. The normalized spacial score (nSPS) is 10.3. The second-order valence-corrected chi connectivity index (χ2v) is 4.90. The highest BCUT2D eigenvalue weighted by atomic mass is 35.5. The zero-order valence-corrected chi connectivity index (χ0v) is 11.9. The van der Waals surface area contributed by atoms with E-state index in [2.05, 4.69) is 5.32 Å². The highest BCUT2D eigenvalue weighted by molar-refractivity contribution is 6.18. The lowest BCUT2D eigenvalue weighted by Crippen LogP contribution is -2.14. The molecular weight excluding hydrogens is 277 g/mol. The van der Waals surface area contributed by atoms with E-state index < -0.39 is 11.7 Å². The van der Waals surface area contributed by atoms with Crippen LogP contribution >= 0.6 is 11.6 Å². The van der Waals surface area contributed by atoms with Crippen molar-refractivity contribution >= 4 is 23.2 Å². The summed E-state index contributed by atoms with van der Waals surface area (Å²) in [5.41, 5.74) is 2.24. The molecule has 0 saturated heterocycles. The third-order valence-corrected chi connectivity index (χ3v) is 3.22. The van der Waals surface area contributed by atoms with Crippen LogP contribution in [0.5, 0.6) is 0 Å². The SMILES string of the molecule is Cc1cccc(C(=O)Nc2ccc(CCCl)cc2)c1F. The molecule has 104 valence electrons. The van der Waals surface area contributed by atoms with E-state index in [1.165, 1.54) is 6.07 Å². The molecule has 2 nitrogen and oxygen atoms in total. The highest BCUT2D eigenvalue weighted by Gasteiger charge is 2.13. The molecule has 4 heteroatoms. The van der Waals surface area contributed by atoms with Crippen LogP contribution < -0.4 is 5.32 Å². The van der Waals surface area contributed by atoms with Crippen molar-refractivity contribution in [3.05, 3.63) is 65.0 Å². The molecule has 0 aliphatic heterocycles. The van der Waals surface area contributed by atoms with E-state index in [0.717, 1.165) is 12.0 Å². The van der Waals surface area contributed by atoms with Crippen LogP contribution in [-0.2, 0) is 6.42 Å². The average molecular weight is 292 g/mol. The summed E-state index contributed by atoms with van der Waals surface area (Å²) < 4.78 is 13.8. The maximum Gasteiger partial charge on any atom is 0.258 e. The number of aryl methyl sites for hydroxylation is 2. The largest absolute Gasteiger partial charge is 0.322 e. The molecule has 2 aromatic rings. The molecular formula is C16H15ClFNO. The first-order valence-corrected chi connectivity index (χ1v) is 6.86. The number of rotatable bonds is 4. The molecule has 0 bridgehead atoms. The van der Waals surface area contributed by atoms with Gasteiger partial charge in [-0.05, 0) is 42.7 Å². The number of hydrogen-bond donors (Lipinski definition) is 1. The van der Waals surface area contributed by atoms with E-state index in [1.54, 1.807) is 31.2 Å². The molecule has 0 aliphatic carbocycles. The first kappa shape index (κ1) is 14.5. The Labute approximate surface area is 122 Å². The number of anilines is 1. The Balaban J connectivity index is 2.13. The van der Waals surface area contributed by atoms with Gasteiger partial charge in [0.2, 0.25) is 0 Å². The Morgan fingerprint density at radius 1 is 1.20 bits per heavy atom. The quantitative estimate of drug-likeness (QED) is 0.842. The molecule has 0 spiro atoms. The highest BCUT2D eigenvalue weighted by Crippen LogP contribution is 2.15. The van der Waals surface area contributed by atoms with E-state index in [0.29, 0.717) is 17.1 Å². The second kappa shape index (κ2) is 6.53. The van der Waals surface area contributed by atoms with E-state index >= 15 is 0 Å². The summed E-state index contributed by atoms with van der Waals surface area (Å²) in [6.07, 6.45) is 0.780. The molecule has 0 radical (unpaired) electrons. The maximum atomic E-state index is 13.8. The predicted molar refractivity (Wildman–Crippen MR) is 80.0 cm³/mol. The van der Waals surface area contributed by atoms with Crippen molar-refractivity contribution in [1.82, 2.24) is 0 Å². The maximum absolute atomic E-state index is 13.8. The van der Waals surface area contributed by atoms with E-state index in [4.69, 9.17) is 11.6 Å². The van der Waals surface area contributed by atoms with Gasteiger partial charge in [-0.3, -0.25) is 4.79 Å². The Morgan fingerprint density at radius 3 is 2.55 bits per heavy atom. The van der Waals surface area contributed by atoms with Crippen LogP contribution in [0, 0.1) is 12.7 Å². The summed E-state index contributed by atoms with van der Waals surface area (Å²) in [5.74, 6) is -0.375. The number of nitrogens with one attached hydrogen (secondary N) is 1. The molecule has 0 aromatic heterocycles. The van der Waals surface area contributed by atoms with Crippen LogP contribution in [0.1, 0.15) is 21.5 Å². The summed E-state index contributed by atoms with van der Waals surface area (Å²) in [4.78, 5) is 12.0. The van der Waals surface area contributed by atoms with Gasteiger partial charge in [0, 0.05) is 11.6 Å². The van der Waals surface area contributed by atoms with Crippen molar-refractivity contribution in [3.8, 4) is 0 Å². The molecule has 0 saturated carbocycles. The van der Waals surface area contributed by atoms with E-state index in [1.807, 2.05) is 12.1 Å². The van der Waals surface area contributed by atoms with Gasteiger partial charge in [0.15, 0.2) is 0 Å². The number of carbonyl (C=O) groups is 1. The first-order chi connectivity index (χ1) is 9.61. The van der Waals surface area contributed by atoms with Gasteiger partial charge in [-0.25, -0.2) is 4.39 Å². The minimum absolute atomic E-state index is 0.0508. The topological polar surface area (TPSA) is 29.1 Å². The van der Waals surface area contributed by atoms with Gasteiger partial charge < -0.3 is 5.32 Å². The Kier molecular flexibility index (Phi) is 4.74. The van der Waals surface area contributed by atoms with Crippen molar-refractivity contribution in [2.75, 3.05) is 11.2 Å². The van der Waals surface area contributed by atoms with Gasteiger partial charge in [-0.2, -0.15) is 0 Å². The second-order valence-electron chi connectivity index (χ2n) is 4.53. The third kappa shape index (κ3) is 3.36. The zero-order valence-electron chi connectivity index (χ0n) is 11.1. The lowest BCUT2D eigenvalue weighted by atomic mass is 10.1. The summed E-state index contributed by atoms with van der Waals surface area (Å²) in [6.45, 7) is 1.63. The first-order valence-electron chi connectivity index (χ1n) is 6.33. The van der Waals surface area contributed by atoms with Gasteiger partial charge in [-0.15, -0.1) is 11.6 Å². The van der Waals surface area contributed by atoms with Crippen LogP contribution in [0.2, 0.25) is 0 Å². The van der Waals surface area contributed by atoms with Crippen LogP contribution in [0.15, 0.2) is 42.5 Å². The summed E-state index contributed by atoms with van der Waals surface area (Å²) in [6, 6.07) is 12.1. The van der Waals surface area contributed by atoms with Gasteiger partial charge in [0.1, 0.15) is 5.82 Å². The number of halogens is 2. The molecule has 20 heavy (non-hydrogen) atoms. The van der Waals surface area contributed by atoms with Crippen LogP contribution in [-0.4, -0.2) is 11.8 Å². The van der Waals surface area contributed by atoms with Crippen molar-refractivity contribution < 1.29 is 9.18 Å². The van der Waals surface area contributed by atoms with E-state index in [-0.39, 0.29) is 5.56 Å². The molecule has 0 atom stereocenters. The van der Waals surface area contributed by atoms with Crippen LogP contribution in [0.25, 0.3) is 0 Å². The Hall–Kier alpha value is -1.87. The lowest BCUT2D eigenvalue weighted by molar-refractivity contribution is 0.102. The smallest absolute Gasteiger partial charge is 0.258 e. The molecule has 0 fully saturated rings. The molecule has 0 aliphatic rings. The molecule has 0 heterocycles. The van der Waals surface area contributed by atoms with Crippen molar-refractivity contribution in [2.45, 2.75) is 13.3 Å². The summed E-state index contributed by atoms with van der Waals surface area (Å²) >= 11 is 5.66. The van der Waals surface area contributed by atoms with E-state index in [9.17, 15) is 9.18 Å². The fourth-order valence-corrected chi connectivity index (χ4v) is 2.10. The van der Waals surface area contributed by atoms with Gasteiger partial charge >= 0.3 is 0 Å². The Morgan fingerprint density at radius 2 is 1.90 bits per heavy atom. The van der Waals surface area contributed by atoms with Crippen molar-refractivity contribution in [2.24, 2.45) is 0 Å². The van der Waals surface area contributed by atoms with Gasteiger partial charge in [-0.1, -0.05) is 24.3 Å².